The number of nitrogens with two attached hydrogens (primary N) is 1. The normalized spacial score (nSPS) is 16.0. The van der Waals surface area contributed by atoms with Crippen molar-refractivity contribution < 1.29 is 9.59 Å². The van der Waals surface area contributed by atoms with Crippen LogP contribution in [0, 0.1) is 5.41 Å². The smallest absolute Gasteiger partial charge is 0.252 e. The third-order valence-corrected chi connectivity index (χ3v) is 3.56. The number of amides is 2. The topological polar surface area (TPSA) is 79.5 Å². The predicted molar refractivity (Wildman–Crippen MR) is 81.0 cm³/mol. The van der Waals surface area contributed by atoms with Crippen molar-refractivity contribution in [2.24, 2.45) is 11.1 Å². The molecule has 0 saturated carbocycles. The maximum atomic E-state index is 12.3. The first-order valence-electron chi connectivity index (χ1n) is 7.10. The molecule has 0 unspecified atom stereocenters. The van der Waals surface area contributed by atoms with Gasteiger partial charge in [0.1, 0.15) is 5.82 Å². The van der Waals surface area contributed by atoms with Gasteiger partial charge in [0.2, 0.25) is 5.91 Å². The van der Waals surface area contributed by atoms with Crippen molar-refractivity contribution in [3.05, 3.63) is 23.9 Å². The number of pyridine rings is 1. The second-order valence-electron chi connectivity index (χ2n) is 6.27. The minimum atomic E-state index is -0.480. The first-order valence-corrected chi connectivity index (χ1v) is 7.10. The molecule has 0 atom stereocenters. The van der Waals surface area contributed by atoms with E-state index < -0.39 is 5.91 Å². The number of anilines is 1. The molecule has 6 nitrogen and oxygen atoms in total. The van der Waals surface area contributed by atoms with Gasteiger partial charge >= 0.3 is 0 Å². The van der Waals surface area contributed by atoms with E-state index in [0.717, 1.165) is 0 Å². The van der Waals surface area contributed by atoms with Gasteiger partial charge < -0.3 is 15.5 Å². The van der Waals surface area contributed by atoms with Gasteiger partial charge in [0.15, 0.2) is 0 Å². The zero-order valence-corrected chi connectivity index (χ0v) is 12.8. The summed E-state index contributed by atoms with van der Waals surface area (Å²) in [5.41, 5.74) is 5.44. The van der Waals surface area contributed by atoms with Crippen LogP contribution >= 0.6 is 0 Å². The second-order valence-corrected chi connectivity index (χ2v) is 6.27. The summed E-state index contributed by atoms with van der Waals surface area (Å²) in [5.74, 6) is 0.275. The third kappa shape index (κ3) is 3.32. The Morgan fingerprint density at radius 1 is 1.19 bits per heavy atom. The van der Waals surface area contributed by atoms with Crippen LogP contribution in [0.4, 0.5) is 5.82 Å². The van der Waals surface area contributed by atoms with E-state index in [0.29, 0.717) is 37.6 Å². The van der Waals surface area contributed by atoms with Gasteiger partial charge in [0.05, 0.1) is 5.56 Å². The largest absolute Gasteiger partial charge is 0.365 e. The van der Waals surface area contributed by atoms with Gasteiger partial charge in [0, 0.05) is 37.8 Å². The van der Waals surface area contributed by atoms with Gasteiger partial charge in [-0.1, -0.05) is 20.8 Å². The lowest BCUT2D eigenvalue weighted by atomic mass is 9.94. The summed E-state index contributed by atoms with van der Waals surface area (Å²) >= 11 is 0. The number of hydrogen-bond donors (Lipinski definition) is 1. The molecule has 114 valence electrons. The number of hydrogen-bond acceptors (Lipinski definition) is 4. The molecule has 0 aromatic carbocycles. The van der Waals surface area contributed by atoms with Gasteiger partial charge in [-0.15, -0.1) is 0 Å². The first-order chi connectivity index (χ1) is 9.80. The minimum Gasteiger partial charge on any atom is -0.365 e. The van der Waals surface area contributed by atoms with E-state index in [-0.39, 0.29) is 11.3 Å². The van der Waals surface area contributed by atoms with E-state index in [1.54, 1.807) is 18.3 Å². The van der Waals surface area contributed by atoms with Crippen LogP contribution in [0.3, 0.4) is 0 Å². The predicted octanol–water partition coefficient (Wildman–Crippen LogP) is 0.875. The van der Waals surface area contributed by atoms with Gasteiger partial charge in [-0.25, -0.2) is 4.98 Å². The van der Waals surface area contributed by atoms with Crippen LogP contribution in [0.25, 0.3) is 0 Å². The molecule has 21 heavy (non-hydrogen) atoms. The highest BCUT2D eigenvalue weighted by Gasteiger charge is 2.30. The standard InChI is InChI=1S/C15H22N4O2/c1-15(2,3)14(21)19-9-7-18(8-10-19)13-11(12(16)20)5-4-6-17-13/h4-6H,7-10H2,1-3H3,(H2,16,20). The summed E-state index contributed by atoms with van der Waals surface area (Å²) in [4.78, 5) is 31.8. The molecular weight excluding hydrogens is 268 g/mol. The van der Waals surface area contributed by atoms with E-state index in [1.807, 2.05) is 30.6 Å². The second kappa shape index (κ2) is 5.71. The Morgan fingerprint density at radius 2 is 1.81 bits per heavy atom. The number of aromatic nitrogens is 1. The highest BCUT2D eigenvalue weighted by atomic mass is 16.2. The summed E-state index contributed by atoms with van der Waals surface area (Å²) < 4.78 is 0. The van der Waals surface area contributed by atoms with Gasteiger partial charge in [-0.3, -0.25) is 9.59 Å². The molecule has 6 heteroatoms. The van der Waals surface area contributed by atoms with Crippen LogP contribution < -0.4 is 10.6 Å². The van der Waals surface area contributed by atoms with E-state index in [1.165, 1.54) is 0 Å². The van der Waals surface area contributed by atoms with E-state index in [4.69, 9.17) is 5.73 Å². The van der Waals surface area contributed by atoms with E-state index in [2.05, 4.69) is 4.98 Å². The highest BCUT2D eigenvalue weighted by Crippen LogP contribution is 2.22. The third-order valence-electron chi connectivity index (χ3n) is 3.56. The molecule has 0 radical (unpaired) electrons. The summed E-state index contributed by atoms with van der Waals surface area (Å²) in [5, 5.41) is 0. The average Bonchev–Trinajstić information content (AvgIpc) is 2.45. The summed E-state index contributed by atoms with van der Waals surface area (Å²) in [6, 6.07) is 3.38. The van der Waals surface area contributed by atoms with Crippen molar-refractivity contribution in [2.75, 3.05) is 31.1 Å². The average molecular weight is 290 g/mol. The maximum absolute atomic E-state index is 12.3. The summed E-state index contributed by atoms with van der Waals surface area (Å²) in [6.45, 7) is 8.33. The Hall–Kier alpha value is -2.11. The minimum absolute atomic E-state index is 0.151. The van der Waals surface area contributed by atoms with Crippen LogP contribution in [-0.2, 0) is 4.79 Å². The molecule has 0 aliphatic carbocycles. The first kappa shape index (κ1) is 15.3. The molecule has 1 aromatic rings. The Morgan fingerprint density at radius 3 is 2.33 bits per heavy atom. The molecule has 0 bridgehead atoms. The van der Waals surface area contributed by atoms with Crippen LogP contribution in [0.15, 0.2) is 18.3 Å². The molecular formula is C15H22N4O2. The van der Waals surface area contributed by atoms with Crippen LogP contribution in [0.1, 0.15) is 31.1 Å². The van der Waals surface area contributed by atoms with Crippen molar-refractivity contribution >= 4 is 17.6 Å². The fourth-order valence-electron chi connectivity index (χ4n) is 2.44. The Kier molecular flexibility index (Phi) is 4.16. The van der Waals surface area contributed by atoms with Crippen molar-refractivity contribution in [1.29, 1.82) is 0 Å². The molecule has 1 saturated heterocycles. The molecule has 1 fully saturated rings. The lowest BCUT2D eigenvalue weighted by Crippen LogP contribution is -2.52. The SMILES string of the molecule is CC(C)(C)C(=O)N1CCN(c2ncccc2C(N)=O)CC1. The van der Waals surface area contributed by atoms with Crippen molar-refractivity contribution in [2.45, 2.75) is 20.8 Å². The van der Waals surface area contributed by atoms with Crippen LogP contribution in [0.5, 0.6) is 0 Å². The molecule has 1 aliphatic rings. The molecule has 2 amide bonds. The van der Waals surface area contributed by atoms with Gasteiger partial charge in [0.25, 0.3) is 5.91 Å². The Bertz CT molecular complexity index is 543. The number of carbonyl (C=O) groups excluding carboxylic acids is 2. The fourth-order valence-corrected chi connectivity index (χ4v) is 2.44. The molecule has 2 rings (SSSR count). The number of rotatable bonds is 2. The van der Waals surface area contributed by atoms with E-state index >= 15 is 0 Å². The number of piperazine rings is 1. The van der Waals surface area contributed by atoms with Crippen LogP contribution in [-0.4, -0.2) is 47.9 Å². The van der Waals surface area contributed by atoms with E-state index in [9.17, 15) is 9.59 Å². The van der Waals surface area contributed by atoms with Crippen LogP contribution in [0.2, 0.25) is 0 Å². The van der Waals surface area contributed by atoms with Gasteiger partial charge in [-0.05, 0) is 12.1 Å². The Labute approximate surface area is 124 Å². The molecule has 2 N–H and O–H groups in total. The molecule has 2 heterocycles. The lowest BCUT2D eigenvalue weighted by molar-refractivity contribution is -0.139. The highest BCUT2D eigenvalue weighted by molar-refractivity contribution is 5.97. The molecule has 1 aromatic heterocycles. The number of carbonyl (C=O) groups is 2. The quantitative estimate of drug-likeness (QED) is 0.876. The van der Waals surface area contributed by atoms with Crippen molar-refractivity contribution in [1.82, 2.24) is 9.88 Å². The van der Waals surface area contributed by atoms with Gasteiger partial charge in [-0.2, -0.15) is 0 Å². The zero-order chi connectivity index (χ0) is 15.6. The van der Waals surface area contributed by atoms with Crippen molar-refractivity contribution in [3.8, 4) is 0 Å². The monoisotopic (exact) mass is 290 g/mol. The zero-order valence-electron chi connectivity index (χ0n) is 12.8. The molecule has 0 spiro atoms. The number of primary amides is 1. The lowest BCUT2D eigenvalue weighted by Gasteiger charge is -2.38. The summed E-state index contributed by atoms with van der Waals surface area (Å²) in [7, 11) is 0. The maximum Gasteiger partial charge on any atom is 0.252 e. The Balaban J connectivity index is 2.09. The fraction of sp³-hybridized carbons (Fsp3) is 0.533. The number of nitrogens with zero attached hydrogens (tertiary/aromatic N) is 3. The van der Waals surface area contributed by atoms with Crippen molar-refractivity contribution in [3.63, 3.8) is 0 Å². The molecule has 1 aliphatic heterocycles. The summed E-state index contributed by atoms with van der Waals surface area (Å²) in [6.07, 6.45) is 1.65.